The SMILES string of the molecule is O=C(/C=C/Sc1ccccc1)NCCc1cccc(C(F)(F)F)c1. The summed E-state index contributed by atoms with van der Waals surface area (Å²) in [5.74, 6) is -0.273. The largest absolute Gasteiger partial charge is 0.416 e. The average molecular weight is 351 g/mol. The van der Waals surface area contributed by atoms with Gasteiger partial charge in [0.15, 0.2) is 0 Å². The Hall–Kier alpha value is -2.21. The third kappa shape index (κ3) is 6.12. The molecule has 0 unspecified atom stereocenters. The van der Waals surface area contributed by atoms with E-state index in [0.29, 0.717) is 12.0 Å². The maximum absolute atomic E-state index is 12.6. The summed E-state index contributed by atoms with van der Waals surface area (Å²) in [6.45, 7) is 0.278. The van der Waals surface area contributed by atoms with Gasteiger partial charge in [-0.2, -0.15) is 13.2 Å². The van der Waals surface area contributed by atoms with Crippen molar-refractivity contribution < 1.29 is 18.0 Å². The van der Waals surface area contributed by atoms with Gasteiger partial charge < -0.3 is 5.32 Å². The highest BCUT2D eigenvalue weighted by Gasteiger charge is 2.30. The number of rotatable bonds is 6. The van der Waals surface area contributed by atoms with Crippen molar-refractivity contribution in [1.82, 2.24) is 5.32 Å². The highest BCUT2D eigenvalue weighted by molar-refractivity contribution is 8.02. The van der Waals surface area contributed by atoms with E-state index >= 15 is 0 Å². The molecular formula is C18H16F3NOS. The zero-order valence-electron chi connectivity index (χ0n) is 12.7. The number of carbonyl (C=O) groups excluding carboxylic acids is 1. The first-order valence-electron chi connectivity index (χ1n) is 7.27. The van der Waals surface area contributed by atoms with Crippen LogP contribution in [-0.2, 0) is 17.4 Å². The van der Waals surface area contributed by atoms with Crippen LogP contribution < -0.4 is 5.32 Å². The molecule has 2 rings (SSSR count). The molecule has 0 fully saturated rings. The Morgan fingerprint density at radius 3 is 2.54 bits per heavy atom. The summed E-state index contributed by atoms with van der Waals surface area (Å²) in [5, 5.41) is 4.33. The van der Waals surface area contributed by atoms with Crippen molar-refractivity contribution in [1.29, 1.82) is 0 Å². The predicted octanol–water partition coefficient (Wildman–Crippen LogP) is 4.67. The van der Waals surface area contributed by atoms with Gasteiger partial charge in [-0.25, -0.2) is 0 Å². The zero-order valence-corrected chi connectivity index (χ0v) is 13.5. The van der Waals surface area contributed by atoms with Crippen LogP contribution in [0.2, 0.25) is 0 Å². The van der Waals surface area contributed by atoms with E-state index in [1.807, 2.05) is 30.3 Å². The number of thioether (sulfide) groups is 1. The van der Waals surface area contributed by atoms with Crippen LogP contribution in [0.3, 0.4) is 0 Å². The lowest BCUT2D eigenvalue weighted by atomic mass is 10.1. The first kappa shape index (κ1) is 18.1. The Bertz CT molecular complexity index is 699. The van der Waals surface area contributed by atoms with Gasteiger partial charge in [0.1, 0.15) is 0 Å². The Kier molecular flexibility index (Phi) is 6.49. The molecule has 2 nitrogen and oxygen atoms in total. The first-order chi connectivity index (χ1) is 11.4. The monoisotopic (exact) mass is 351 g/mol. The normalized spacial score (nSPS) is 11.6. The van der Waals surface area contributed by atoms with Gasteiger partial charge in [0, 0.05) is 17.5 Å². The molecule has 0 aliphatic rings. The molecule has 0 saturated carbocycles. The fraction of sp³-hybridized carbons (Fsp3) is 0.167. The number of benzene rings is 2. The summed E-state index contributed by atoms with van der Waals surface area (Å²) < 4.78 is 37.8. The molecule has 0 saturated heterocycles. The van der Waals surface area contributed by atoms with Crippen LogP contribution in [0, 0.1) is 0 Å². The number of hydrogen-bond donors (Lipinski definition) is 1. The Balaban J connectivity index is 1.76. The minimum Gasteiger partial charge on any atom is -0.352 e. The van der Waals surface area contributed by atoms with Gasteiger partial charge in [0.05, 0.1) is 5.56 Å². The number of alkyl halides is 3. The number of carbonyl (C=O) groups is 1. The van der Waals surface area contributed by atoms with Crippen molar-refractivity contribution in [2.75, 3.05) is 6.54 Å². The second kappa shape index (κ2) is 8.59. The van der Waals surface area contributed by atoms with Crippen molar-refractivity contribution >= 4 is 17.7 Å². The van der Waals surface area contributed by atoms with E-state index < -0.39 is 11.7 Å². The fourth-order valence-electron chi connectivity index (χ4n) is 1.97. The average Bonchev–Trinajstić information content (AvgIpc) is 2.55. The van der Waals surface area contributed by atoms with Crippen LogP contribution in [0.5, 0.6) is 0 Å². The lowest BCUT2D eigenvalue weighted by Crippen LogP contribution is -2.23. The highest BCUT2D eigenvalue weighted by atomic mass is 32.2. The molecule has 6 heteroatoms. The van der Waals surface area contributed by atoms with Crippen molar-refractivity contribution in [3.63, 3.8) is 0 Å². The number of nitrogens with one attached hydrogen (secondary N) is 1. The Morgan fingerprint density at radius 2 is 1.83 bits per heavy atom. The first-order valence-corrected chi connectivity index (χ1v) is 8.15. The van der Waals surface area contributed by atoms with Crippen molar-refractivity contribution in [2.45, 2.75) is 17.5 Å². The third-order valence-corrected chi connectivity index (χ3v) is 3.95. The van der Waals surface area contributed by atoms with E-state index in [1.165, 1.54) is 23.9 Å². The Labute approximate surface area is 142 Å². The number of amides is 1. The van der Waals surface area contributed by atoms with E-state index in [0.717, 1.165) is 17.0 Å². The van der Waals surface area contributed by atoms with Crippen molar-refractivity contribution in [3.05, 3.63) is 77.2 Å². The summed E-state index contributed by atoms with van der Waals surface area (Å²) in [6.07, 6.45) is -2.60. The van der Waals surface area contributed by atoms with E-state index in [9.17, 15) is 18.0 Å². The molecule has 1 N–H and O–H groups in total. The summed E-state index contributed by atoms with van der Waals surface area (Å²) in [4.78, 5) is 12.7. The van der Waals surface area contributed by atoms with Gasteiger partial charge >= 0.3 is 6.18 Å². The van der Waals surface area contributed by atoms with E-state index in [-0.39, 0.29) is 12.5 Å². The van der Waals surface area contributed by atoms with Crippen LogP contribution in [0.1, 0.15) is 11.1 Å². The van der Waals surface area contributed by atoms with Crippen LogP contribution in [-0.4, -0.2) is 12.5 Å². The van der Waals surface area contributed by atoms with Gasteiger partial charge in [0.25, 0.3) is 0 Å². The smallest absolute Gasteiger partial charge is 0.352 e. The van der Waals surface area contributed by atoms with E-state index in [2.05, 4.69) is 5.32 Å². The predicted molar refractivity (Wildman–Crippen MR) is 89.6 cm³/mol. The minimum atomic E-state index is -4.35. The van der Waals surface area contributed by atoms with Crippen LogP contribution in [0.15, 0.2) is 71.0 Å². The maximum Gasteiger partial charge on any atom is 0.416 e. The van der Waals surface area contributed by atoms with Gasteiger partial charge in [-0.15, -0.1) is 0 Å². The number of halogens is 3. The lowest BCUT2D eigenvalue weighted by molar-refractivity contribution is -0.137. The molecule has 2 aromatic rings. The second-order valence-electron chi connectivity index (χ2n) is 4.97. The fourth-order valence-corrected chi connectivity index (χ4v) is 2.63. The molecule has 2 aromatic carbocycles. The molecule has 1 amide bonds. The molecular weight excluding hydrogens is 335 g/mol. The molecule has 0 heterocycles. The van der Waals surface area contributed by atoms with E-state index in [1.54, 1.807) is 11.5 Å². The summed E-state index contributed by atoms with van der Waals surface area (Å²) in [6, 6.07) is 14.7. The van der Waals surface area contributed by atoms with Gasteiger partial charge in [-0.05, 0) is 35.6 Å². The molecule has 0 atom stereocenters. The molecule has 0 radical (unpaired) electrons. The van der Waals surface area contributed by atoms with Gasteiger partial charge in [-0.3, -0.25) is 4.79 Å². The highest BCUT2D eigenvalue weighted by Crippen LogP contribution is 2.29. The molecule has 0 aromatic heterocycles. The van der Waals surface area contributed by atoms with Crippen molar-refractivity contribution in [2.24, 2.45) is 0 Å². The maximum atomic E-state index is 12.6. The third-order valence-electron chi connectivity index (χ3n) is 3.13. The molecule has 0 aliphatic heterocycles. The van der Waals surface area contributed by atoms with Crippen molar-refractivity contribution in [3.8, 4) is 0 Å². The zero-order chi connectivity index (χ0) is 17.4. The summed E-state index contributed by atoms with van der Waals surface area (Å²) >= 11 is 1.42. The summed E-state index contributed by atoms with van der Waals surface area (Å²) in [7, 11) is 0. The standard InChI is InChI=1S/C18H16F3NOS/c19-18(20,21)15-6-4-5-14(13-15)9-11-22-17(23)10-12-24-16-7-2-1-3-8-16/h1-8,10,12-13H,9,11H2,(H,22,23)/b12-10+. The minimum absolute atomic E-state index is 0.273. The topological polar surface area (TPSA) is 29.1 Å². The van der Waals surface area contributed by atoms with Crippen LogP contribution in [0.4, 0.5) is 13.2 Å². The van der Waals surface area contributed by atoms with E-state index in [4.69, 9.17) is 0 Å². The van der Waals surface area contributed by atoms with Crippen LogP contribution >= 0.6 is 11.8 Å². The van der Waals surface area contributed by atoms with Crippen LogP contribution in [0.25, 0.3) is 0 Å². The molecule has 126 valence electrons. The quantitative estimate of drug-likeness (QED) is 0.605. The molecule has 0 bridgehead atoms. The number of hydrogen-bond acceptors (Lipinski definition) is 2. The summed E-state index contributed by atoms with van der Waals surface area (Å²) in [5.41, 5.74) is -0.141. The molecule has 24 heavy (non-hydrogen) atoms. The molecule has 0 spiro atoms. The lowest BCUT2D eigenvalue weighted by Gasteiger charge is -2.08. The Morgan fingerprint density at radius 1 is 1.08 bits per heavy atom. The second-order valence-corrected chi connectivity index (χ2v) is 5.95. The van der Waals surface area contributed by atoms with Gasteiger partial charge in [0.2, 0.25) is 5.91 Å². The van der Waals surface area contributed by atoms with Gasteiger partial charge in [-0.1, -0.05) is 48.2 Å². The molecule has 0 aliphatic carbocycles.